The summed E-state index contributed by atoms with van der Waals surface area (Å²) in [5, 5.41) is 3.34. The summed E-state index contributed by atoms with van der Waals surface area (Å²) in [5.74, 6) is 0.828. The Balaban J connectivity index is 1.67. The van der Waals surface area contributed by atoms with Crippen molar-refractivity contribution in [3.63, 3.8) is 0 Å². The third-order valence-electron chi connectivity index (χ3n) is 4.25. The molecule has 1 heterocycles. The van der Waals surface area contributed by atoms with E-state index in [0.717, 1.165) is 37.1 Å². The van der Waals surface area contributed by atoms with E-state index in [0.29, 0.717) is 12.3 Å². The van der Waals surface area contributed by atoms with Crippen molar-refractivity contribution in [1.82, 2.24) is 5.32 Å². The van der Waals surface area contributed by atoms with E-state index in [-0.39, 0.29) is 5.78 Å². The molecule has 1 N–H and O–H groups in total. The van der Waals surface area contributed by atoms with Crippen molar-refractivity contribution in [2.24, 2.45) is 5.92 Å². The van der Waals surface area contributed by atoms with E-state index < -0.39 is 0 Å². The standard InChI is InChI=1S/C19H21NO/c21-19(14-15-10-12-20-13-11-15)18-8-6-17(7-9-18)16-4-2-1-3-5-16/h1-9,15,20H,10-14H2. The number of hydrogen-bond acceptors (Lipinski definition) is 2. The van der Waals surface area contributed by atoms with Crippen LogP contribution in [0.25, 0.3) is 11.1 Å². The van der Waals surface area contributed by atoms with Gasteiger partial charge in [0.15, 0.2) is 5.78 Å². The van der Waals surface area contributed by atoms with Crippen LogP contribution in [0.15, 0.2) is 54.6 Å². The van der Waals surface area contributed by atoms with E-state index in [2.05, 4.69) is 17.4 Å². The fraction of sp³-hybridized carbons (Fsp3) is 0.316. The average Bonchev–Trinajstić information content (AvgIpc) is 2.57. The molecule has 2 nitrogen and oxygen atoms in total. The Morgan fingerprint density at radius 1 is 0.905 bits per heavy atom. The first kappa shape index (κ1) is 14.0. The molecule has 2 aromatic carbocycles. The minimum absolute atomic E-state index is 0.279. The van der Waals surface area contributed by atoms with Crippen LogP contribution in [0, 0.1) is 5.92 Å². The van der Waals surface area contributed by atoms with Crippen molar-refractivity contribution < 1.29 is 4.79 Å². The highest BCUT2D eigenvalue weighted by Crippen LogP contribution is 2.22. The van der Waals surface area contributed by atoms with Gasteiger partial charge in [-0.2, -0.15) is 0 Å². The molecule has 2 aromatic rings. The molecule has 0 atom stereocenters. The predicted octanol–water partition coefficient (Wildman–Crippen LogP) is 3.93. The van der Waals surface area contributed by atoms with E-state index >= 15 is 0 Å². The van der Waals surface area contributed by atoms with Crippen molar-refractivity contribution in [3.8, 4) is 11.1 Å². The molecule has 0 aliphatic carbocycles. The summed E-state index contributed by atoms with van der Waals surface area (Å²) >= 11 is 0. The molecule has 21 heavy (non-hydrogen) atoms. The number of Topliss-reactive ketones (excluding diaryl/α,β-unsaturated/α-hetero) is 1. The summed E-state index contributed by atoms with van der Waals surface area (Å²) in [5.41, 5.74) is 3.19. The lowest BCUT2D eigenvalue weighted by Crippen LogP contribution is -2.28. The van der Waals surface area contributed by atoms with Gasteiger partial charge in [-0.05, 0) is 43.0 Å². The maximum absolute atomic E-state index is 12.3. The van der Waals surface area contributed by atoms with Gasteiger partial charge in [-0.15, -0.1) is 0 Å². The number of nitrogens with one attached hydrogen (secondary N) is 1. The van der Waals surface area contributed by atoms with Gasteiger partial charge in [0, 0.05) is 12.0 Å². The minimum atomic E-state index is 0.279. The fourth-order valence-electron chi connectivity index (χ4n) is 2.95. The van der Waals surface area contributed by atoms with Crippen molar-refractivity contribution in [2.75, 3.05) is 13.1 Å². The van der Waals surface area contributed by atoms with Gasteiger partial charge in [0.25, 0.3) is 0 Å². The topological polar surface area (TPSA) is 29.1 Å². The van der Waals surface area contributed by atoms with Gasteiger partial charge in [0.1, 0.15) is 0 Å². The minimum Gasteiger partial charge on any atom is -0.317 e. The van der Waals surface area contributed by atoms with Crippen LogP contribution < -0.4 is 5.32 Å². The molecule has 0 unspecified atom stereocenters. The van der Waals surface area contributed by atoms with Crippen LogP contribution in [0.3, 0.4) is 0 Å². The van der Waals surface area contributed by atoms with E-state index in [4.69, 9.17) is 0 Å². The predicted molar refractivity (Wildman–Crippen MR) is 86.4 cm³/mol. The number of piperidine rings is 1. The zero-order chi connectivity index (χ0) is 14.5. The maximum Gasteiger partial charge on any atom is 0.163 e. The normalized spacial score (nSPS) is 15.8. The highest BCUT2D eigenvalue weighted by Gasteiger charge is 2.17. The molecular weight excluding hydrogens is 258 g/mol. The van der Waals surface area contributed by atoms with Gasteiger partial charge in [-0.1, -0.05) is 54.6 Å². The molecule has 0 spiro atoms. The molecule has 108 valence electrons. The molecular formula is C19H21NO. The summed E-state index contributed by atoms with van der Waals surface area (Å²) < 4.78 is 0. The lowest BCUT2D eigenvalue weighted by Gasteiger charge is -2.21. The molecule has 1 saturated heterocycles. The smallest absolute Gasteiger partial charge is 0.163 e. The first-order chi connectivity index (χ1) is 10.3. The number of carbonyl (C=O) groups is 1. The Bertz CT molecular complexity index is 583. The van der Waals surface area contributed by atoms with Gasteiger partial charge in [0.05, 0.1) is 0 Å². The number of rotatable bonds is 4. The zero-order valence-electron chi connectivity index (χ0n) is 12.2. The summed E-state index contributed by atoms with van der Waals surface area (Å²) in [6.45, 7) is 2.09. The van der Waals surface area contributed by atoms with Gasteiger partial charge >= 0.3 is 0 Å². The number of hydrogen-bond donors (Lipinski definition) is 1. The number of ketones is 1. The van der Waals surface area contributed by atoms with E-state index in [1.54, 1.807) is 0 Å². The Morgan fingerprint density at radius 2 is 1.52 bits per heavy atom. The van der Waals surface area contributed by atoms with Crippen LogP contribution in [-0.4, -0.2) is 18.9 Å². The summed E-state index contributed by atoms with van der Waals surface area (Å²) in [6, 6.07) is 18.3. The monoisotopic (exact) mass is 279 g/mol. The number of carbonyl (C=O) groups excluding carboxylic acids is 1. The Hall–Kier alpha value is -1.93. The molecule has 0 amide bonds. The highest BCUT2D eigenvalue weighted by molar-refractivity contribution is 5.96. The van der Waals surface area contributed by atoms with Crippen molar-refractivity contribution in [3.05, 3.63) is 60.2 Å². The Labute approximate surface area is 126 Å². The first-order valence-corrected chi connectivity index (χ1v) is 7.72. The molecule has 0 saturated carbocycles. The number of benzene rings is 2. The first-order valence-electron chi connectivity index (χ1n) is 7.72. The van der Waals surface area contributed by atoms with Crippen LogP contribution in [0.1, 0.15) is 29.6 Å². The van der Waals surface area contributed by atoms with Crippen molar-refractivity contribution in [2.45, 2.75) is 19.3 Å². The van der Waals surface area contributed by atoms with Gasteiger partial charge in [-0.25, -0.2) is 0 Å². The second kappa shape index (κ2) is 6.68. The lowest BCUT2D eigenvalue weighted by atomic mass is 9.90. The Morgan fingerprint density at radius 3 is 2.19 bits per heavy atom. The second-order valence-corrected chi connectivity index (χ2v) is 5.76. The van der Waals surface area contributed by atoms with Gasteiger partial charge < -0.3 is 5.32 Å². The quantitative estimate of drug-likeness (QED) is 0.859. The lowest BCUT2D eigenvalue weighted by molar-refractivity contribution is 0.0952. The van der Waals surface area contributed by atoms with Crippen LogP contribution in [0.4, 0.5) is 0 Å². The molecule has 3 rings (SSSR count). The molecule has 0 aromatic heterocycles. The summed E-state index contributed by atoms with van der Waals surface area (Å²) in [7, 11) is 0. The second-order valence-electron chi connectivity index (χ2n) is 5.76. The van der Waals surface area contributed by atoms with E-state index in [9.17, 15) is 4.79 Å². The molecule has 0 radical (unpaired) electrons. The van der Waals surface area contributed by atoms with Gasteiger partial charge in [-0.3, -0.25) is 4.79 Å². The van der Waals surface area contributed by atoms with Gasteiger partial charge in [0.2, 0.25) is 0 Å². The van der Waals surface area contributed by atoms with E-state index in [1.807, 2.05) is 42.5 Å². The molecule has 1 aliphatic heterocycles. The fourth-order valence-corrected chi connectivity index (χ4v) is 2.95. The zero-order valence-corrected chi connectivity index (χ0v) is 12.2. The molecule has 1 aliphatic rings. The van der Waals surface area contributed by atoms with Crippen LogP contribution in [-0.2, 0) is 0 Å². The van der Waals surface area contributed by atoms with Crippen LogP contribution >= 0.6 is 0 Å². The maximum atomic E-state index is 12.3. The average molecular weight is 279 g/mol. The Kier molecular flexibility index (Phi) is 4.46. The van der Waals surface area contributed by atoms with Crippen molar-refractivity contribution in [1.29, 1.82) is 0 Å². The summed E-state index contributed by atoms with van der Waals surface area (Å²) in [4.78, 5) is 12.3. The van der Waals surface area contributed by atoms with Crippen LogP contribution in [0.5, 0.6) is 0 Å². The van der Waals surface area contributed by atoms with Crippen LogP contribution in [0.2, 0.25) is 0 Å². The largest absolute Gasteiger partial charge is 0.317 e. The van der Waals surface area contributed by atoms with E-state index in [1.165, 1.54) is 5.56 Å². The van der Waals surface area contributed by atoms with Crippen molar-refractivity contribution >= 4 is 5.78 Å². The molecule has 1 fully saturated rings. The SMILES string of the molecule is O=C(CC1CCNCC1)c1ccc(-c2ccccc2)cc1. The molecule has 0 bridgehead atoms. The summed E-state index contributed by atoms with van der Waals surface area (Å²) in [6.07, 6.45) is 2.92. The third-order valence-corrected chi connectivity index (χ3v) is 4.25. The highest BCUT2D eigenvalue weighted by atomic mass is 16.1. The third kappa shape index (κ3) is 3.59. The molecule has 2 heteroatoms.